The SMILES string of the molecule is CC(C)(OC(=O)OC(C)(C)c1ccc2ccccc2c1C=O)c1ccc2ccccc2c1C=O. The molecule has 0 bridgehead atoms. The summed E-state index contributed by atoms with van der Waals surface area (Å²) >= 11 is 0. The van der Waals surface area contributed by atoms with Crippen molar-refractivity contribution in [2.75, 3.05) is 0 Å². The van der Waals surface area contributed by atoms with E-state index in [0.717, 1.165) is 34.1 Å². The number of rotatable bonds is 6. The molecule has 0 atom stereocenters. The zero-order valence-corrected chi connectivity index (χ0v) is 19.6. The molecule has 4 aromatic rings. The molecule has 0 aliphatic rings. The lowest BCUT2D eigenvalue weighted by Crippen LogP contribution is -2.33. The smallest absolute Gasteiger partial charge is 0.423 e. The van der Waals surface area contributed by atoms with Gasteiger partial charge in [-0.25, -0.2) is 4.79 Å². The maximum absolute atomic E-state index is 12.9. The lowest BCUT2D eigenvalue weighted by Gasteiger charge is -2.31. The second-order valence-electron chi connectivity index (χ2n) is 9.21. The van der Waals surface area contributed by atoms with Crippen molar-refractivity contribution in [3.05, 3.63) is 95.1 Å². The van der Waals surface area contributed by atoms with Gasteiger partial charge in [0.25, 0.3) is 0 Å². The number of benzene rings is 4. The fourth-order valence-corrected chi connectivity index (χ4v) is 4.44. The van der Waals surface area contributed by atoms with Crippen molar-refractivity contribution in [1.82, 2.24) is 0 Å². The summed E-state index contributed by atoms with van der Waals surface area (Å²) in [5.41, 5.74) is -0.180. The van der Waals surface area contributed by atoms with E-state index in [9.17, 15) is 14.4 Å². The molecule has 4 aromatic carbocycles. The van der Waals surface area contributed by atoms with Crippen LogP contribution in [0.4, 0.5) is 4.79 Å². The molecular formula is C29H26O5. The Labute approximate surface area is 198 Å². The minimum atomic E-state index is -1.13. The van der Waals surface area contributed by atoms with Crippen LogP contribution in [0, 0.1) is 0 Å². The Bertz CT molecular complexity index is 1310. The second-order valence-corrected chi connectivity index (χ2v) is 9.21. The molecule has 0 fully saturated rings. The average molecular weight is 455 g/mol. The van der Waals surface area contributed by atoms with Crippen molar-refractivity contribution in [3.8, 4) is 0 Å². The zero-order chi connectivity index (χ0) is 24.5. The summed E-state index contributed by atoms with van der Waals surface area (Å²) in [4.78, 5) is 36.8. The lowest BCUT2D eigenvalue weighted by atomic mass is 9.89. The Hall–Kier alpha value is -3.99. The van der Waals surface area contributed by atoms with E-state index in [-0.39, 0.29) is 0 Å². The highest BCUT2D eigenvalue weighted by molar-refractivity contribution is 6.00. The summed E-state index contributed by atoms with van der Waals surface area (Å²) in [6.07, 6.45) is 0.664. The summed E-state index contributed by atoms with van der Waals surface area (Å²) < 4.78 is 11.5. The Morgan fingerprint density at radius 3 is 1.38 bits per heavy atom. The van der Waals surface area contributed by atoms with E-state index in [4.69, 9.17) is 9.47 Å². The van der Waals surface area contributed by atoms with Gasteiger partial charge in [0.15, 0.2) is 12.6 Å². The number of aldehydes is 2. The molecule has 0 radical (unpaired) electrons. The Balaban J connectivity index is 1.63. The normalized spacial score (nSPS) is 11.9. The number of carbonyl (C=O) groups excluding carboxylic acids is 3. The van der Waals surface area contributed by atoms with Crippen LogP contribution in [0.3, 0.4) is 0 Å². The van der Waals surface area contributed by atoms with Gasteiger partial charge in [0.05, 0.1) is 0 Å². The summed E-state index contributed by atoms with van der Waals surface area (Å²) in [6, 6.07) is 22.5. The van der Waals surface area contributed by atoms with Gasteiger partial charge < -0.3 is 9.47 Å². The minimum absolute atomic E-state index is 0.466. The Morgan fingerprint density at radius 1 is 0.618 bits per heavy atom. The molecule has 0 N–H and O–H groups in total. The van der Waals surface area contributed by atoms with Gasteiger partial charge in [-0.1, -0.05) is 72.8 Å². The van der Waals surface area contributed by atoms with Crippen LogP contribution < -0.4 is 0 Å². The molecule has 0 aromatic heterocycles. The molecule has 4 rings (SSSR count). The molecule has 0 amide bonds. The average Bonchev–Trinajstić information content (AvgIpc) is 2.81. The van der Waals surface area contributed by atoms with Crippen molar-refractivity contribution in [1.29, 1.82) is 0 Å². The molecule has 0 saturated heterocycles. The minimum Gasteiger partial charge on any atom is -0.423 e. The first-order chi connectivity index (χ1) is 16.2. The van der Waals surface area contributed by atoms with E-state index >= 15 is 0 Å². The van der Waals surface area contributed by atoms with Gasteiger partial charge in [-0.3, -0.25) is 9.59 Å². The topological polar surface area (TPSA) is 69.7 Å². The van der Waals surface area contributed by atoms with E-state index < -0.39 is 17.4 Å². The first kappa shape index (κ1) is 23.2. The third kappa shape index (κ3) is 4.17. The first-order valence-corrected chi connectivity index (χ1v) is 11.0. The largest absolute Gasteiger partial charge is 0.510 e. The van der Waals surface area contributed by atoms with Crippen LogP contribution >= 0.6 is 0 Å². The maximum Gasteiger partial charge on any atom is 0.510 e. The molecule has 34 heavy (non-hydrogen) atoms. The molecule has 0 aliphatic heterocycles. The summed E-state index contributed by atoms with van der Waals surface area (Å²) in [5, 5.41) is 3.41. The molecule has 5 heteroatoms. The second kappa shape index (κ2) is 8.75. The molecule has 0 saturated carbocycles. The van der Waals surface area contributed by atoms with Gasteiger partial charge in [0.2, 0.25) is 0 Å². The molecule has 5 nitrogen and oxygen atoms in total. The zero-order valence-electron chi connectivity index (χ0n) is 19.6. The quantitative estimate of drug-likeness (QED) is 0.233. The predicted octanol–water partition coefficient (Wildman–Crippen LogP) is 6.94. The van der Waals surface area contributed by atoms with E-state index in [1.165, 1.54) is 0 Å². The van der Waals surface area contributed by atoms with E-state index in [0.29, 0.717) is 22.3 Å². The number of hydrogen-bond donors (Lipinski definition) is 0. The van der Waals surface area contributed by atoms with Crippen LogP contribution in [0.15, 0.2) is 72.8 Å². The van der Waals surface area contributed by atoms with Crippen LogP contribution in [-0.4, -0.2) is 18.7 Å². The van der Waals surface area contributed by atoms with Gasteiger partial charge in [0.1, 0.15) is 11.2 Å². The number of fused-ring (bicyclic) bond motifs is 2. The number of hydrogen-bond acceptors (Lipinski definition) is 5. The fourth-order valence-electron chi connectivity index (χ4n) is 4.44. The lowest BCUT2D eigenvalue weighted by molar-refractivity contribution is -0.0635. The summed E-state index contributed by atoms with van der Waals surface area (Å²) in [6.45, 7) is 6.85. The van der Waals surface area contributed by atoms with E-state index in [1.54, 1.807) is 39.8 Å². The van der Waals surface area contributed by atoms with Crippen molar-refractivity contribution < 1.29 is 23.9 Å². The third-order valence-electron chi connectivity index (χ3n) is 6.15. The van der Waals surface area contributed by atoms with Crippen molar-refractivity contribution in [2.45, 2.75) is 38.9 Å². The van der Waals surface area contributed by atoms with Crippen LogP contribution in [0.25, 0.3) is 21.5 Å². The highest BCUT2D eigenvalue weighted by atomic mass is 16.7. The monoisotopic (exact) mass is 454 g/mol. The van der Waals surface area contributed by atoms with Crippen LogP contribution in [0.5, 0.6) is 0 Å². The number of ether oxygens (including phenoxy) is 2. The molecule has 172 valence electrons. The molecule has 0 heterocycles. The van der Waals surface area contributed by atoms with Gasteiger partial charge in [-0.15, -0.1) is 0 Å². The molecule has 0 aliphatic carbocycles. The molecular weight excluding hydrogens is 428 g/mol. The van der Waals surface area contributed by atoms with E-state index in [2.05, 4.69) is 0 Å². The van der Waals surface area contributed by atoms with Crippen LogP contribution in [0.2, 0.25) is 0 Å². The van der Waals surface area contributed by atoms with Crippen LogP contribution in [0.1, 0.15) is 59.5 Å². The predicted molar refractivity (Wildman–Crippen MR) is 132 cm³/mol. The van der Waals surface area contributed by atoms with Gasteiger partial charge in [-0.05, 0) is 49.2 Å². The van der Waals surface area contributed by atoms with Gasteiger partial charge in [-0.2, -0.15) is 0 Å². The maximum atomic E-state index is 12.9. The highest BCUT2D eigenvalue weighted by Crippen LogP contribution is 2.35. The van der Waals surface area contributed by atoms with Crippen molar-refractivity contribution in [2.24, 2.45) is 0 Å². The number of carbonyl (C=O) groups is 3. The van der Waals surface area contributed by atoms with E-state index in [1.807, 2.05) is 60.7 Å². The molecule has 0 spiro atoms. The Morgan fingerprint density at radius 2 is 1.00 bits per heavy atom. The van der Waals surface area contributed by atoms with Crippen molar-refractivity contribution >= 4 is 40.3 Å². The molecule has 0 unspecified atom stereocenters. The fraction of sp³-hybridized carbons (Fsp3) is 0.207. The van der Waals surface area contributed by atoms with Crippen LogP contribution in [-0.2, 0) is 20.7 Å². The Kier molecular flexibility index (Phi) is 5.96. The highest BCUT2D eigenvalue weighted by Gasteiger charge is 2.34. The van der Waals surface area contributed by atoms with Gasteiger partial charge in [0, 0.05) is 22.3 Å². The first-order valence-electron chi connectivity index (χ1n) is 11.0. The third-order valence-corrected chi connectivity index (χ3v) is 6.15. The summed E-state index contributed by atoms with van der Waals surface area (Å²) in [7, 11) is 0. The summed E-state index contributed by atoms with van der Waals surface area (Å²) in [5.74, 6) is 0. The standard InChI is InChI=1S/C29H26O5/c1-28(2,25-15-13-19-9-5-7-11-21(19)23(25)17-30)33-27(32)34-29(3,4)26-16-14-20-10-6-8-12-22(20)24(26)18-31/h5-18H,1-4H3. The van der Waals surface area contributed by atoms with Crippen molar-refractivity contribution in [3.63, 3.8) is 0 Å². The van der Waals surface area contributed by atoms with Gasteiger partial charge >= 0.3 is 6.16 Å².